The molecule has 1 unspecified atom stereocenters. The van der Waals surface area contributed by atoms with Gasteiger partial charge in [0.25, 0.3) is 5.91 Å². The molecule has 1 fully saturated rings. The minimum absolute atomic E-state index is 0.0550. The Balaban J connectivity index is 1.77. The summed E-state index contributed by atoms with van der Waals surface area (Å²) in [5.74, 6) is 0.392. The predicted octanol–water partition coefficient (Wildman–Crippen LogP) is 3.39. The maximum Gasteiger partial charge on any atom is 0.253 e. The molecule has 0 aliphatic carbocycles. The highest BCUT2D eigenvalue weighted by Crippen LogP contribution is 2.28. The highest BCUT2D eigenvalue weighted by atomic mass is 35.5. The monoisotopic (exact) mass is 303 g/mol. The van der Waals surface area contributed by atoms with Crippen molar-refractivity contribution in [3.63, 3.8) is 0 Å². The van der Waals surface area contributed by atoms with Crippen LogP contribution in [0.1, 0.15) is 40.4 Å². The lowest BCUT2D eigenvalue weighted by molar-refractivity contribution is 0.0705. The molecule has 1 amide bonds. The second kappa shape index (κ2) is 5.90. The van der Waals surface area contributed by atoms with E-state index in [1.54, 1.807) is 12.1 Å². The van der Waals surface area contributed by atoms with Crippen LogP contribution < -0.4 is 0 Å². The number of carbonyl (C=O) groups is 1. The first kappa shape index (κ1) is 14.1. The van der Waals surface area contributed by atoms with Crippen LogP contribution in [0.15, 0.2) is 30.5 Å². The molecule has 21 heavy (non-hydrogen) atoms. The van der Waals surface area contributed by atoms with Gasteiger partial charge < -0.3 is 4.90 Å². The fraction of sp³-hybridized carbons (Fsp3) is 0.375. The molecule has 1 N–H and O–H groups in total. The van der Waals surface area contributed by atoms with E-state index < -0.39 is 0 Å². The molecule has 2 heterocycles. The van der Waals surface area contributed by atoms with E-state index in [1.165, 1.54) is 0 Å². The van der Waals surface area contributed by atoms with Crippen LogP contribution in [0.4, 0.5) is 0 Å². The van der Waals surface area contributed by atoms with Crippen LogP contribution >= 0.6 is 11.6 Å². The third kappa shape index (κ3) is 2.95. The Morgan fingerprint density at radius 1 is 1.48 bits per heavy atom. The number of aryl methyl sites for hydroxylation is 1. The van der Waals surface area contributed by atoms with Gasteiger partial charge in [-0.25, -0.2) is 0 Å². The lowest BCUT2D eigenvalue weighted by Gasteiger charge is -2.32. The molecule has 1 saturated heterocycles. The topological polar surface area (TPSA) is 49.0 Å². The van der Waals surface area contributed by atoms with Gasteiger partial charge in [-0.15, -0.1) is 0 Å². The lowest BCUT2D eigenvalue weighted by Crippen LogP contribution is -2.39. The second-order valence-electron chi connectivity index (χ2n) is 5.57. The number of hydrogen-bond acceptors (Lipinski definition) is 2. The van der Waals surface area contributed by atoms with Crippen LogP contribution in [0.3, 0.4) is 0 Å². The molecular formula is C16H18ClN3O. The van der Waals surface area contributed by atoms with Crippen LogP contribution in [0.5, 0.6) is 0 Å². The number of carbonyl (C=O) groups excluding carboxylic acids is 1. The van der Waals surface area contributed by atoms with Gasteiger partial charge in [-0.1, -0.05) is 17.7 Å². The molecule has 0 saturated carbocycles. The fourth-order valence-electron chi connectivity index (χ4n) is 2.97. The average molecular weight is 304 g/mol. The molecule has 3 rings (SSSR count). The van der Waals surface area contributed by atoms with Gasteiger partial charge in [0.05, 0.1) is 6.20 Å². The lowest BCUT2D eigenvalue weighted by atomic mass is 9.92. The molecule has 0 spiro atoms. The number of likely N-dealkylation sites (tertiary alicyclic amines) is 1. The van der Waals surface area contributed by atoms with Crippen LogP contribution in [-0.2, 0) is 0 Å². The number of H-pyrrole nitrogens is 1. The van der Waals surface area contributed by atoms with Crippen molar-refractivity contribution in [1.82, 2.24) is 15.1 Å². The predicted molar refractivity (Wildman–Crippen MR) is 82.7 cm³/mol. The Kier molecular flexibility index (Phi) is 3.97. The van der Waals surface area contributed by atoms with Crippen LogP contribution in [0.2, 0.25) is 5.02 Å². The summed E-state index contributed by atoms with van der Waals surface area (Å²) in [6, 6.07) is 7.15. The van der Waals surface area contributed by atoms with Crippen molar-refractivity contribution in [2.75, 3.05) is 13.1 Å². The molecule has 1 aliphatic heterocycles. The zero-order chi connectivity index (χ0) is 14.8. The van der Waals surface area contributed by atoms with Crippen LogP contribution in [-0.4, -0.2) is 34.1 Å². The number of aromatic amines is 1. The molecule has 1 atom stereocenters. The van der Waals surface area contributed by atoms with E-state index in [2.05, 4.69) is 17.1 Å². The number of aromatic nitrogens is 2. The van der Waals surface area contributed by atoms with E-state index in [9.17, 15) is 4.79 Å². The number of nitrogens with one attached hydrogen (secondary N) is 1. The third-order valence-corrected chi connectivity index (χ3v) is 4.29. The van der Waals surface area contributed by atoms with Crippen molar-refractivity contribution in [1.29, 1.82) is 0 Å². The summed E-state index contributed by atoms with van der Waals surface area (Å²) in [6.07, 6.45) is 3.94. The maximum atomic E-state index is 12.6. The van der Waals surface area contributed by atoms with E-state index in [0.717, 1.165) is 37.2 Å². The number of rotatable bonds is 2. The minimum atomic E-state index is 0.0550. The largest absolute Gasteiger partial charge is 0.338 e. The summed E-state index contributed by atoms with van der Waals surface area (Å²) in [7, 11) is 0. The Morgan fingerprint density at radius 3 is 3.05 bits per heavy atom. The molecule has 110 valence electrons. The second-order valence-corrected chi connectivity index (χ2v) is 6.00. The standard InChI is InChI=1S/C16H18ClN3O/c1-11-9-18-19-15(11)13-5-3-7-20(10-13)16(21)12-4-2-6-14(17)8-12/h2,4,6,8-9,13H,3,5,7,10H2,1H3,(H,18,19). The summed E-state index contributed by atoms with van der Waals surface area (Å²) in [4.78, 5) is 14.5. The van der Waals surface area contributed by atoms with E-state index in [1.807, 2.05) is 23.2 Å². The number of halogens is 1. The van der Waals surface area contributed by atoms with Gasteiger partial charge in [0.2, 0.25) is 0 Å². The fourth-order valence-corrected chi connectivity index (χ4v) is 3.16. The van der Waals surface area contributed by atoms with E-state index in [-0.39, 0.29) is 5.91 Å². The van der Waals surface area contributed by atoms with Crippen LogP contribution in [0.25, 0.3) is 0 Å². The molecule has 2 aromatic rings. The first-order valence-corrected chi connectivity index (χ1v) is 7.57. The SMILES string of the molecule is Cc1cn[nH]c1C1CCCN(C(=O)c2cccc(Cl)c2)C1. The van der Waals surface area contributed by atoms with Gasteiger partial charge in [0.15, 0.2) is 0 Å². The number of benzene rings is 1. The minimum Gasteiger partial charge on any atom is -0.338 e. The highest BCUT2D eigenvalue weighted by molar-refractivity contribution is 6.30. The van der Waals surface area contributed by atoms with Crippen molar-refractivity contribution in [3.05, 3.63) is 52.3 Å². The summed E-state index contributed by atoms with van der Waals surface area (Å²) < 4.78 is 0. The van der Waals surface area contributed by atoms with Crippen LogP contribution in [0, 0.1) is 6.92 Å². The van der Waals surface area contributed by atoms with Crippen molar-refractivity contribution < 1.29 is 4.79 Å². The van der Waals surface area contributed by atoms with Crippen molar-refractivity contribution >= 4 is 17.5 Å². The molecule has 4 nitrogen and oxygen atoms in total. The zero-order valence-corrected chi connectivity index (χ0v) is 12.7. The smallest absolute Gasteiger partial charge is 0.253 e. The first-order valence-electron chi connectivity index (χ1n) is 7.20. The van der Waals surface area contributed by atoms with Gasteiger partial charge in [-0.05, 0) is 43.5 Å². The molecular weight excluding hydrogens is 286 g/mol. The molecule has 1 aliphatic rings. The summed E-state index contributed by atoms with van der Waals surface area (Å²) in [6.45, 7) is 3.58. The molecule has 1 aromatic heterocycles. The number of nitrogens with zero attached hydrogens (tertiary/aromatic N) is 2. The molecule has 0 bridgehead atoms. The van der Waals surface area contributed by atoms with Crippen molar-refractivity contribution in [2.45, 2.75) is 25.7 Å². The zero-order valence-electron chi connectivity index (χ0n) is 12.0. The molecule has 5 heteroatoms. The Hall–Kier alpha value is -1.81. The Morgan fingerprint density at radius 2 is 2.33 bits per heavy atom. The van der Waals surface area contributed by atoms with Gasteiger partial charge >= 0.3 is 0 Å². The number of hydrogen-bond donors (Lipinski definition) is 1. The summed E-state index contributed by atoms with van der Waals surface area (Å²) in [5, 5.41) is 7.76. The number of piperidine rings is 1. The van der Waals surface area contributed by atoms with Gasteiger partial charge in [-0.3, -0.25) is 9.89 Å². The van der Waals surface area contributed by atoms with Gasteiger partial charge in [0, 0.05) is 35.3 Å². The van der Waals surface area contributed by atoms with Gasteiger partial charge in [0.1, 0.15) is 0 Å². The highest BCUT2D eigenvalue weighted by Gasteiger charge is 2.27. The van der Waals surface area contributed by atoms with E-state index in [0.29, 0.717) is 16.5 Å². The van der Waals surface area contributed by atoms with E-state index >= 15 is 0 Å². The van der Waals surface area contributed by atoms with E-state index in [4.69, 9.17) is 11.6 Å². The first-order chi connectivity index (χ1) is 10.1. The third-order valence-electron chi connectivity index (χ3n) is 4.06. The quantitative estimate of drug-likeness (QED) is 0.924. The van der Waals surface area contributed by atoms with Crippen molar-refractivity contribution in [2.24, 2.45) is 0 Å². The van der Waals surface area contributed by atoms with Crippen molar-refractivity contribution in [3.8, 4) is 0 Å². The average Bonchev–Trinajstić information content (AvgIpc) is 2.93. The number of amides is 1. The normalized spacial score (nSPS) is 18.8. The summed E-state index contributed by atoms with van der Waals surface area (Å²) in [5.41, 5.74) is 2.97. The Labute approximate surface area is 129 Å². The molecule has 1 aromatic carbocycles. The summed E-state index contributed by atoms with van der Waals surface area (Å²) >= 11 is 5.97. The Bertz CT molecular complexity index is 652. The maximum absolute atomic E-state index is 12.6. The molecule has 0 radical (unpaired) electrons. The van der Waals surface area contributed by atoms with Gasteiger partial charge in [-0.2, -0.15) is 5.10 Å².